The van der Waals surface area contributed by atoms with Crippen LogP contribution >= 0.6 is 11.3 Å². The van der Waals surface area contributed by atoms with Crippen LogP contribution in [0, 0.1) is 0 Å². The van der Waals surface area contributed by atoms with E-state index in [0.717, 1.165) is 16.3 Å². The van der Waals surface area contributed by atoms with E-state index < -0.39 is 5.60 Å². The number of carbonyl (C=O) groups is 1. The second-order valence-electron chi connectivity index (χ2n) is 7.61. The minimum absolute atomic E-state index is 0.224. The first kappa shape index (κ1) is 16.9. The van der Waals surface area contributed by atoms with Crippen LogP contribution in [0.5, 0.6) is 0 Å². The number of hydrogen-bond donors (Lipinski definition) is 2. The van der Waals surface area contributed by atoms with Gasteiger partial charge in [-0.15, -0.1) is 11.3 Å². The fourth-order valence-corrected chi connectivity index (χ4v) is 4.64. The van der Waals surface area contributed by atoms with Crippen LogP contribution in [0.15, 0.2) is 6.07 Å². The third-order valence-corrected chi connectivity index (χ3v) is 5.88. The minimum Gasteiger partial charge on any atom is -0.381 e. The molecule has 128 valence electrons. The summed E-state index contributed by atoms with van der Waals surface area (Å²) in [6, 6.07) is 2.02. The number of rotatable bonds is 2. The first-order chi connectivity index (χ1) is 10.6. The molecule has 0 radical (unpaired) electrons. The van der Waals surface area contributed by atoms with E-state index in [1.54, 1.807) is 0 Å². The predicted octanol–water partition coefficient (Wildman–Crippen LogP) is 2.81. The molecule has 2 aliphatic rings. The quantitative estimate of drug-likeness (QED) is 0.869. The van der Waals surface area contributed by atoms with E-state index in [4.69, 9.17) is 9.47 Å². The summed E-state index contributed by atoms with van der Waals surface area (Å²) in [7, 11) is 0. The Morgan fingerprint density at radius 2 is 1.91 bits per heavy atom. The van der Waals surface area contributed by atoms with Gasteiger partial charge in [0.05, 0.1) is 16.2 Å². The molecule has 2 N–H and O–H groups in total. The number of nitrogens with one attached hydrogen (secondary N) is 1. The number of thiophene rings is 1. The summed E-state index contributed by atoms with van der Waals surface area (Å²) in [5, 5.41) is 14.1. The zero-order valence-electron chi connectivity index (χ0n) is 14.2. The highest BCUT2D eigenvalue weighted by Gasteiger charge is 2.41. The molecule has 1 saturated heterocycles. The van der Waals surface area contributed by atoms with Crippen molar-refractivity contribution in [2.75, 3.05) is 18.5 Å². The third-order valence-electron chi connectivity index (χ3n) is 4.48. The van der Waals surface area contributed by atoms with Crippen LogP contribution in [0.3, 0.4) is 0 Å². The standard InChI is InChI=1S/C17H25NO4S/c1-15(2)10-11-9-12(23-13(11)16(3,4)22-15)18-14(19)17(20)5-7-21-8-6-17/h9,20H,5-8,10H2,1-4H3,(H,18,19). The summed E-state index contributed by atoms with van der Waals surface area (Å²) >= 11 is 1.53. The lowest BCUT2D eigenvalue weighted by atomic mass is 9.89. The second-order valence-corrected chi connectivity index (χ2v) is 8.66. The maximum Gasteiger partial charge on any atom is 0.257 e. The van der Waals surface area contributed by atoms with Gasteiger partial charge in [-0.2, -0.15) is 0 Å². The number of hydrogen-bond acceptors (Lipinski definition) is 5. The highest BCUT2D eigenvalue weighted by Crippen LogP contribution is 2.45. The third kappa shape index (κ3) is 3.31. The van der Waals surface area contributed by atoms with E-state index in [2.05, 4.69) is 33.0 Å². The molecule has 1 aromatic rings. The molecule has 5 nitrogen and oxygen atoms in total. The molecule has 0 aromatic carbocycles. The highest BCUT2D eigenvalue weighted by molar-refractivity contribution is 7.16. The van der Waals surface area contributed by atoms with Gasteiger partial charge >= 0.3 is 0 Å². The van der Waals surface area contributed by atoms with Crippen molar-refractivity contribution < 1.29 is 19.4 Å². The van der Waals surface area contributed by atoms with Crippen LogP contribution in [-0.2, 0) is 26.3 Å². The Labute approximate surface area is 141 Å². The Hall–Kier alpha value is -0.950. The lowest BCUT2D eigenvalue weighted by Gasteiger charge is -2.41. The average Bonchev–Trinajstić information content (AvgIpc) is 2.80. The second kappa shape index (κ2) is 5.55. The number of aliphatic hydroxyl groups is 1. The summed E-state index contributed by atoms with van der Waals surface area (Å²) < 4.78 is 11.4. The Kier molecular flexibility index (Phi) is 4.08. The first-order valence-electron chi connectivity index (χ1n) is 8.06. The van der Waals surface area contributed by atoms with Crippen LogP contribution in [0.25, 0.3) is 0 Å². The fraction of sp³-hybridized carbons (Fsp3) is 0.706. The number of carbonyl (C=O) groups excluding carboxylic acids is 1. The van der Waals surface area contributed by atoms with Crippen LogP contribution in [-0.4, -0.2) is 35.4 Å². The smallest absolute Gasteiger partial charge is 0.257 e. The summed E-state index contributed by atoms with van der Waals surface area (Å²) in [6.07, 6.45) is 1.49. The molecular weight excluding hydrogens is 314 g/mol. The molecule has 2 aliphatic heterocycles. The van der Waals surface area contributed by atoms with Gasteiger partial charge in [-0.3, -0.25) is 4.79 Å². The van der Waals surface area contributed by atoms with Gasteiger partial charge in [0.15, 0.2) is 0 Å². The molecule has 0 unspecified atom stereocenters. The van der Waals surface area contributed by atoms with E-state index in [1.807, 2.05) is 6.07 Å². The number of amides is 1. The molecule has 0 saturated carbocycles. The maximum atomic E-state index is 12.4. The van der Waals surface area contributed by atoms with E-state index >= 15 is 0 Å². The Balaban J connectivity index is 1.81. The molecule has 1 fully saturated rings. The van der Waals surface area contributed by atoms with Gasteiger partial charge in [-0.05, 0) is 39.3 Å². The van der Waals surface area contributed by atoms with Crippen molar-refractivity contribution in [1.29, 1.82) is 0 Å². The SMILES string of the molecule is CC1(C)Cc2cc(NC(=O)C3(O)CCOCC3)sc2C(C)(C)O1. The van der Waals surface area contributed by atoms with E-state index in [-0.39, 0.29) is 17.1 Å². The molecule has 3 heterocycles. The Morgan fingerprint density at radius 1 is 1.26 bits per heavy atom. The molecule has 1 amide bonds. The molecule has 6 heteroatoms. The summed E-state index contributed by atoms with van der Waals surface area (Å²) in [5.74, 6) is -0.336. The summed E-state index contributed by atoms with van der Waals surface area (Å²) in [5.41, 5.74) is -0.711. The van der Waals surface area contributed by atoms with Gasteiger partial charge < -0.3 is 19.9 Å². The molecule has 0 aliphatic carbocycles. The van der Waals surface area contributed by atoms with Crippen molar-refractivity contribution in [3.8, 4) is 0 Å². The minimum atomic E-state index is -1.33. The maximum absolute atomic E-state index is 12.4. The Morgan fingerprint density at radius 3 is 2.57 bits per heavy atom. The van der Waals surface area contributed by atoms with Gasteiger partial charge in [-0.1, -0.05) is 0 Å². The lowest BCUT2D eigenvalue weighted by molar-refractivity contribution is -0.143. The van der Waals surface area contributed by atoms with E-state index in [0.29, 0.717) is 26.1 Å². The van der Waals surface area contributed by atoms with Crippen molar-refractivity contribution in [2.45, 2.75) is 63.8 Å². The van der Waals surface area contributed by atoms with Crippen LogP contribution in [0.1, 0.15) is 51.0 Å². The largest absolute Gasteiger partial charge is 0.381 e. The monoisotopic (exact) mass is 339 g/mol. The van der Waals surface area contributed by atoms with Crippen molar-refractivity contribution in [1.82, 2.24) is 0 Å². The topological polar surface area (TPSA) is 67.8 Å². The number of ether oxygens (including phenoxy) is 2. The van der Waals surface area contributed by atoms with Gasteiger partial charge in [-0.25, -0.2) is 0 Å². The van der Waals surface area contributed by atoms with Crippen LogP contribution in [0.2, 0.25) is 0 Å². The molecule has 0 spiro atoms. The molecular formula is C17H25NO4S. The fourth-order valence-electron chi connectivity index (χ4n) is 3.53. The number of anilines is 1. The average molecular weight is 339 g/mol. The van der Waals surface area contributed by atoms with Gasteiger partial charge in [0.25, 0.3) is 5.91 Å². The van der Waals surface area contributed by atoms with Gasteiger partial charge in [0.1, 0.15) is 5.60 Å². The van der Waals surface area contributed by atoms with E-state index in [1.165, 1.54) is 16.9 Å². The van der Waals surface area contributed by atoms with Crippen LogP contribution < -0.4 is 5.32 Å². The Bertz CT molecular complexity index is 614. The summed E-state index contributed by atoms with van der Waals surface area (Å²) in [4.78, 5) is 13.6. The highest BCUT2D eigenvalue weighted by atomic mass is 32.1. The molecule has 1 aromatic heterocycles. The van der Waals surface area contributed by atoms with Crippen molar-refractivity contribution in [3.05, 3.63) is 16.5 Å². The van der Waals surface area contributed by atoms with Crippen molar-refractivity contribution in [3.63, 3.8) is 0 Å². The zero-order chi connectivity index (χ0) is 16.9. The van der Waals surface area contributed by atoms with Gasteiger partial charge in [0.2, 0.25) is 0 Å². The van der Waals surface area contributed by atoms with Gasteiger partial charge in [0, 0.05) is 37.4 Å². The van der Waals surface area contributed by atoms with E-state index in [9.17, 15) is 9.90 Å². The molecule has 23 heavy (non-hydrogen) atoms. The van der Waals surface area contributed by atoms with Crippen molar-refractivity contribution >= 4 is 22.2 Å². The first-order valence-corrected chi connectivity index (χ1v) is 8.88. The lowest BCUT2D eigenvalue weighted by Crippen LogP contribution is -2.47. The molecule has 3 rings (SSSR count). The number of fused-ring (bicyclic) bond motifs is 1. The summed E-state index contributed by atoms with van der Waals surface area (Å²) in [6.45, 7) is 9.11. The molecule has 0 atom stereocenters. The predicted molar refractivity (Wildman–Crippen MR) is 89.8 cm³/mol. The normalized spacial score (nSPS) is 24.7. The zero-order valence-corrected chi connectivity index (χ0v) is 15.0. The van der Waals surface area contributed by atoms with Crippen molar-refractivity contribution in [2.24, 2.45) is 0 Å². The molecule has 0 bridgehead atoms. The van der Waals surface area contributed by atoms with Crippen LogP contribution in [0.4, 0.5) is 5.00 Å².